The number of nitrogens with one attached hydrogen (secondary N) is 2. The minimum atomic E-state index is -4.78. The highest BCUT2D eigenvalue weighted by Crippen LogP contribution is 2.40. The van der Waals surface area contributed by atoms with Crippen LogP contribution in [0.5, 0.6) is 0 Å². The number of aryl methyl sites for hydroxylation is 1. The summed E-state index contributed by atoms with van der Waals surface area (Å²) in [6, 6.07) is 26.2. The molecule has 0 aliphatic rings. The van der Waals surface area contributed by atoms with E-state index in [-0.39, 0.29) is 32.2 Å². The van der Waals surface area contributed by atoms with Gasteiger partial charge in [-0.15, -0.1) is 0 Å². The van der Waals surface area contributed by atoms with Crippen molar-refractivity contribution >= 4 is 58.8 Å². The molecule has 0 fully saturated rings. The topological polar surface area (TPSA) is 233 Å². The van der Waals surface area contributed by atoms with Gasteiger partial charge in [0.15, 0.2) is 0 Å². The molecule has 0 bridgehead atoms. The largest absolute Gasteiger partial charge is 0.397 e. The van der Waals surface area contributed by atoms with Gasteiger partial charge in [-0.2, -0.15) is 25.3 Å². The van der Waals surface area contributed by atoms with Crippen LogP contribution in [0.25, 0.3) is 0 Å². The van der Waals surface area contributed by atoms with Crippen LogP contribution in [0, 0.1) is 6.92 Å². The molecule has 0 heterocycles. The quantitative estimate of drug-likeness (QED) is 0.0569. The fraction of sp³-hybridized carbons (Fsp3) is 0.0625. The molecule has 1 unspecified atom stereocenters. The number of nitrogens with two attached hydrogens (primary N) is 1. The first-order valence-electron chi connectivity index (χ1n) is 13.9. The fourth-order valence-corrected chi connectivity index (χ4v) is 6.78. The van der Waals surface area contributed by atoms with Gasteiger partial charge in [0.25, 0.3) is 30.4 Å². The number of nitrogen functional groups attached to an aromatic ring is 1. The van der Waals surface area contributed by atoms with E-state index < -0.39 is 40.9 Å². The van der Waals surface area contributed by atoms with E-state index >= 15 is 0 Å². The van der Waals surface area contributed by atoms with Crippen molar-refractivity contribution in [1.82, 2.24) is 0 Å². The van der Waals surface area contributed by atoms with E-state index in [9.17, 15) is 44.0 Å². The number of aliphatic hydroxyl groups is 1. The van der Waals surface area contributed by atoms with E-state index in [1.54, 1.807) is 54.6 Å². The Morgan fingerprint density at radius 1 is 0.542 bits per heavy atom. The highest BCUT2D eigenvalue weighted by Gasteiger charge is 2.36. The van der Waals surface area contributed by atoms with Gasteiger partial charge >= 0.3 is 0 Å². The summed E-state index contributed by atoms with van der Waals surface area (Å²) >= 11 is 0. The molecule has 8 N–H and O–H groups in total. The summed E-state index contributed by atoms with van der Waals surface area (Å²) in [7, 11) is -13.6. The van der Waals surface area contributed by atoms with Crippen LogP contribution in [-0.4, -0.2) is 44.0 Å². The van der Waals surface area contributed by atoms with E-state index in [0.717, 1.165) is 6.07 Å². The average Bonchev–Trinajstić information content (AvgIpc) is 3.01. The van der Waals surface area contributed by atoms with Crippen molar-refractivity contribution in [2.45, 2.75) is 27.2 Å². The number of benzene rings is 5. The maximum atomic E-state index is 12.5. The molecule has 1 atom stereocenters. The van der Waals surface area contributed by atoms with Crippen LogP contribution >= 0.6 is 0 Å². The normalized spacial score (nSPS) is 13.4. The zero-order valence-electron chi connectivity index (χ0n) is 24.9. The van der Waals surface area contributed by atoms with Gasteiger partial charge in [0.05, 0.1) is 15.5 Å². The third kappa shape index (κ3) is 7.34. The standard InChI is InChI=1S/C32H29N3O10S3/c1-20-17-23(18-30(31(20)33)48(43,44)45)32(36,21-5-9-24(10-6-21)34-26-13-15-28(16-14-26)46(37,38)39)22-7-11-25(12-8-22)35-27-3-2-4-29(19-27)47(40,41)42/h2-19,34-36H,33H2,1H3,(H,37,38,39)(H,40,41,42)(H,43,44,45). The highest BCUT2D eigenvalue weighted by molar-refractivity contribution is 7.86. The Morgan fingerprint density at radius 2 is 1.00 bits per heavy atom. The van der Waals surface area contributed by atoms with Crippen LogP contribution in [0.4, 0.5) is 28.4 Å². The number of hydrogen-bond donors (Lipinski definition) is 7. The average molecular weight is 712 g/mol. The van der Waals surface area contributed by atoms with Crippen LogP contribution in [0.3, 0.4) is 0 Å². The van der Waals surface area contributed by atoms with Gasteiger partial charge in [-0.25, -0.2) is 0 Å². The summed E-state index contributed by atoms with van der Waals surface area (Å²) in [5.41, 5.74) is 6.61. The molecular formula is C32H29N3O10S3. The van der Waals surface area contributed by atoms with Crippen molar-refractivity contribution in [3.63, 3.8) is 0 Å². The van der Waals surface area contributed by atoms with E-state index in [1.807, 2.05) is 0 Å². The lowest BCUT2D eigenvalue weighted by Gasteiger charge is -2.31. The monoisotopic (exact) mass is 711 g/mol. The number of rotatable bonds is 10. The van der Waals surface area contributed by atoms with E-state index in [2.05, 4.69) is 10.6 Å². The molecular weight excluding hydrogens is 683 g/mol. The highest BCUT2D eigenvalue weighted by atomic mass is 32.2. The van der Waals surface area contributed by atoms with E-state index in [4.69, 9.17) is 5.73 Å². The second kappa shape index (κ2) is 12.7. The second-order valence-electron chi connectivity index (χ2n) is 10.8. The van der Waals surface area contributed by atoms with Gasteiger partial charge in [-0.05, 0) is 102 Å². The van der Waals surface area contributed by atoms with Crippen molar-refractivity contribution < 1.29 is 44.0 Å². The molecule has 250 valence electrons. The zero-order valence-corrected chi connectivity index (χ0v) is 27.4. The molecule has 16 heteroatoms. The number of hydrogen-bond acceptors (Lipinski definition) is 10. The van der Waals surface area contributed by atoms with Gasteiger partial charge in [0, 0.05) is 22.7 Å². The van der Waals surface area contributed by atoms with Crippen LogP contribution < -0.4 is 16.4 Å². The summed E-state index contributed by atoms with van der Waals surface area (Å²) in [6.07, 6.45) is 0. The van der Waals surface area contributed by atoms with Crippen molar-refractivity contribution in [3.8, 4) is 0 Å². The molecule has 48 heavy (non-hydrogen) atoms. The molecule has 5 rings (SSSR count). The maximum Gasteiger partial charge on any atom is 0.296 e. The first kappa shape index (κ1) is 34.5. The molecule has 13 nitrogen and oxygen atoms in total. The van der Waals surface area contributed by atoms with Crippen molar-refractivity contribution in [1.29, 1.82) is 0 Å². The molecule has 0 amide bonds. The molecule has 0 aromatic heterocycles. The Balaban J connectivity index is 1.55. The van der Waals surface area contributed by atoms with Crippen molar-refractivity contribution in [3.05, 3.63) is 131 Å². The summed E-state index contributed by atoms with van der Waals surface area (Å²) in [4.78, 5) is -1.16. The lowest BCUT2D eigenvalue weighted by molar-refractivity contribution is 0.125. The molecule has 0 saturated carbocycles. The first-order chi connectivity index (χ1) is 22.4. The lowest BCUT2D eigenvalue weighted by Crippen LogP contribution is -2.29. The Bertz CT molecular complexity index is 2330. The van der Waals surface area contributed by atoms with Gasteiger partial charge in [-0.1, -0.05) is 36.4 Å². The van der Waals surface area contributed by atoms with Crippen LogP contribution in [0.15, 0.2) is 124 Å². The molecule has 5 aromatic carbocycles. The predicted molar refractivity (Wildman–Crippen MR) is 179 cm³/mol. The SMILES string of the molecule is Cc1cc(C(O)(c2ccc(Nc3ccc(S(=O)(=O)O)cc3)cc2)c2ccc(Nc3cccc(S(=O)(=O)O)c3)cc2)cc(S(=O)(=O)O)c1N. The zero-order chi connectivity index (χ0) is 35.1. The Labute approximate surface area is 277 Å². The third-order valence-corrected chi connectivity index (χ3v) is 10.1. The van der Waals surface area contributed by atoms with Gasteiger partial charge in [0.1, 0.15) is 10.5 Å². The summed E-state index contributed by atoms with van der Waals surface area (Å²) in [5.74, 6) is 0. The minimum Gasteiger partial charge on any atom is -0.397 e. The minimum absolute atomic E-state index is 0.0740. The summed E-state index contributed by atoms with van der Waals surface area (Å²) < 4.78 is 98.8. The summed E-state index contributed by atoms with van der Waals surface area (Å²) in [6.45, 7) is 1.53. The first-order valence-corrected chi connectivity index (χ1v) is 18.2. The van der Waals surface area contributed by atoms with Gasteiger partial charge < -0.3 is 21.5 Å². The smallest absolute Gasteiger partial charge is 0.296 e. The van der Waals surface area contributed by atoms with Crippen molar-refractivity contribution in [2.24, 2.45) is 0 Å². The van der Waals surface area contributed by atoms with Crippen LogP contribution in [-0.2, 0) is 36.0 Å². The van der Waals surface area contributed by atoms with E-state index in [0.29, 0.717) is 28.3 Å². The van der Waals surface area contributed by atoms with Gasteiger partial charge in [-0.3, -0.25) is 13.7 Å². The fourth-order valence-electron chi connectivity index (χ4n) is 5.06. The number of anilines is 5. The molecule has 0 spiro atoms. The molecule has 0 aliphatic heterocycles. The maximum absolute atomic E-state index is 12.5. The molecule has 0 saturated heterocycles. The third-order valence-electron chi connectivity index (χ3n) is 7.51. The molecule has 0 aliphatic carbocycles. The van der Waals surface area contributed by atoms with Gasteiger partial charge in [0.2, 0.25) is 0 Å². The van der Waals surface area contributed by atoms with Crippen LogP contribution in [0.2, 0.25) is 0 Å². The van der Waals surface area contributed by atoms with E-state index in [1.165, 1.54) is 55.5 Å². The molecule has 5 aromatic rings. The second-order valence-corrected chi connectivity index (χ2v) is 15.0. The van der Waals surface area contributed by atoms with Crippen LogP contribution in [0.1, 0.15) is 22.3 Å². The summed E-state index contributed by atoms with van der Waals surface area (Å²) in [5, 5.41) is 18.6. The predicted octanol–water partition coefficient (Wildman–Crippen LogP) is 5.09. The Hall–Kier alpha value is -4.81. The van der Waals surface area contributed by atoms with Crippen molar-refractivity contribution in [2.75, 3.05) is 16.4 Å². The molecule has 0 radical (unpaired) electrons. The Morgan fingerprint density at radius 3 is 1.46 bits per heavy atom. The lowest BCUT2D eigenvalue weighted by atomic mass is 9.79. The Kier molecular flexibility index (Phi) is 9.11.